The van der Waals surface area contributed by atoms with Crippen LogP contribution in [-0.2, 0) is 11.8 Å². The minimum Gasteiger partial charge on any atom is -0.335 e. The number of aromatic nitrogens is 2. The van der Waals surface area contributed by atoms with Gasteiger partial charge in [-0.05, 0) is 36.5 Å². The lowest BCUT2D eigenvalue weighted by atomic mass is 10.0. The van der Waals surface area contributed by atoms with E-state index in [-0.39, 0.29) is 11.8 Å². The largest absolute Gasteiger partial charge is 0.335 e. The minimum absolute atomic E-state index is 0.00596. The van der Waals surface area contributed by atoms with Crippen molar-refractivity contribution in [1.82, 2.24) is 19.4 Å². The van der Waals surface area contributed by atoms with Crippen LogP contribution >= 0.6 is 11.6 Å². The standard InChI is InChI=1S/C21H26ClN5O2/c1-14-3-4-17(9-18(14)22)24-19(28)5-7-26-10-15-12-27(13-16(15)11-26)21(29)20-23-6-8-25(20)2/h3-4,6,8-9,15-16H,5,7,10-13H2,1-2H3,(H,24,28). The highest BCUT2D eigenvalue weighted by atomic mass is 35.5. The highest BCUT2D eigenvalue weighted by Crippen LogP contribution is 2.31. The van der Waals surface area contributed by atoms with Crippen LogP contribution in [0.4, 0.5) is 5.69 Å². The van der Waals surface area contributed by atoms with Crippen LogP contribution in [0.5, 0.6) is 0 Å². The number of likely N-dealkylation sites (tertiary alicyclic amines) is 2. The molecular weight excluding hydrogens is 390 g/mol. The third-order valence-corrected chi connectivity index (χ3v) is 6.38. The number of hydrogen-bond acceptors (Lipinski definition) is 4. The van der Waals surface area contributed by atoms with Crippen LogP contribution in [-0.4, -0.2) is 63.9 Å². The molecule has 154 valence electrons. The number of nitrogens with zero attached hydrogens (tertiary/aromatic N) is 4. The third-order valence-electron chi connectivity index (χ3n) is 5.97. The first-order valence-electron chi connectivity index (χ1n) is 9.95. The average molecular weight is 416 g/mol. The second kappa shape index (κ2) is 8.16. The number of halogens is 1. The maximum absolute atomic E-state index is 12.6. The third kappa shape index (κ3) is 4.31. The fourth-order valence-electron chi connectivity index (χ4n) is 4.31. The Bertz CT molecular complexity index is 914. The van der Waals surface area contributed by atoms with Gasteiger partial charge in [0.2, 0.25) is 5.91 Å². The summed E-state index contributed by atoms with van der Waals surface area (Å²) in [7, 11) is 1.84. The summed E-state index contributed by atoms with van der Waals surface area (Å²) in [6.45, 7) is 6.05. The summed E-state index contributed by atoms with van der Waals surface area (Å²) in [6.07, 6.45) is 3.89. The first-order valence-corrected chi connectivity index (χ1v) is 10.3. The Morgan fingerprint density at radius 1 is 1.21 bits per heavy atom. The van der Waals surface area contributed by atoms with Gasteiger partial charge in [-0.1, -0.05) is 17.7 Å². The summed E-state index contributed by atoms with van der Waals surface area (Å²) >= 11 is 6.11. The van der Waals surface area contributed by atoms with Crippen LogP contribution in [0, 0.1) is 18.8 Å². The number of carbonyl (C=O) groups excluding carboxylic acids is 2. The predicted molar refractivity (Wildman–Crippen MR) is 112 cm³/mol. The molecule has 0 aliphatic carbocycles. The van der Waals surface area contributed by atoms with Crippen LogP contribution in [0.15, 0.2) is 30.6 Å². The molecule has 2 saturated heterocycles. The predicted octanol–water partition coefficient (Wildman–Crippen LogP) is 2.41. The molecule has 0 bridgehead atoms. The van der Waals surface area contributed by atoms with Crippen molar-refractivity contribution in [3.05, 3.63) is 47.0 Å². The van der Waals surface area contributed by atoms with Gasteiger partial charge in [0, 0.05) is 69.3 Å². The summed E-state index contributed by atoms with van der Waals surface area (Å²) in [5.41, 5.74) is 1.72. The summed E-state index contributed by atoms with van der Waals surface area (Å²) in [5.74, 6) is 1.44. The van der Waals surface area contributed by atoms with Crippen LogP contribution in [0.3, 0.4) is 0 Å². The number of benzene rings is 1. The number of imidazole rings is 1. The van der Waals surface area contributed by atoms with Gasteiger partial charge in [0.1, 0.15) is 0 Å². The molecule has 2 fully saturated rings. The van der Waals surface area contributed by atoms with Crippen molar-refractivity contribution in [3.8, 4) is 0 Å². The van der Waals surface area contributed by atoms with E-state index in [1.807, 2.05) is 31.0 Å². The van der Waals surface area contributed by atoms with Gasteiger partial charge in [0.25, 0.3) is 5.91 Å². The lowest BCUT2D eigenvalue weighted by molar-refractivity contribution is -0.116. The Kier molecular flexibility index (Phi) is 5.61. The van der Waals surface area contributed by atoms with Crippen LogP contribution in [0.2, 0.25) is 5.02 Å². The average Bonchev–Trinajstić information content (AvgIpc) is 3.37. The first-order chi connectivity index (χ1) is 13.9. The SMILES string of the molecule is Cc1ccc(NC(=O)CCN2CC3CN(C(=O)c4nccn4C)CC3C2)cc1Cl. The molecule has 0 radical (unpaired) electrons. The van der Waals surface area contributed by atoms with Gasteiger partial charge < -0.3 is 19.7 Å². The molecule has 29 heavy (non-hydrogen) atoms. The summed E-state index contributed by atoms with van der Waals surface area (Å²) < 4.78 is 1.77. The van der Waals surface area contributed by atoms with Crippen molar-refractivity contribution in [2.24, 2.45) is 18.9 Å². The summed E-state index contributed by atoms with van der Waals surface area (Å²) in [4.78, 5) is 33.3. The number of carbonyl (C=O) groups is 2. The molecule has 4 rings (SSSR count). The molecule has 2 amide bonds. The molecule has 1 aromatic carbocycles. The minimum atomic E-state index is -0.00596. The zero-order valence-corrected chi connectivity index (χ0v) is 17.5. The molecule has 8 heteroatoms. The zero-order valence-electron chi connectivity index (χ0n) is 16.8. The van der Waals surface area contributed by atoms with E-state index in [0.29, 0.717) is 29.1 Å². The van der Waals surface area contributed by atoms with Gasteiger partial charge in [-0.25, -0.2) is 4.98 Å². The normalized spacial score (nSPS) is 21.4. The smallest absolute Gasteiger partial charge is 0.289 e. The molecule has 0 saturated carbocycles. The second-order valence-corrected chi connectivity index (χ2v) is 8.52. The highest BCUT2D eigenvalue weighted by Gasteiger charge is 2.42. The fourth-order valence-corrected chi connectivity index (χ4v) is 4.49. The van der Waals surface area contributed by atoms with Crippen molar-refractivity contribution in [3.63, 3.8) is 0 Å². The van der Waals surface area contributed by atoms with E-state index in [1.165, 1.54) is 0 Å². The summed E-state index contributed by atoms with van der Waals surface area (Å²) in [6, 6.07) is 5.55. The Labute approximate surface area is 175 Å². The number of hydrogen-bond donors (Lipinski definition) is 1. The molecule has 7 nitrogen and oxygen atoms in total. The van der Waals surface area contributed by atoms with Crippen molar-refractivity contribution in [2.75, 3.05) is 38.0 Å². The van der Waals surface area contributed by atoms with Crippen molar-refractivity contribution < 1.29 is 9.59 Å². The van der Waals surface area contributed by atoms with Crippen LogP contribution < -0.4 is 5.32 Å². The maximum atomic E-state index is 12.6. The quantitative estimate of drug-likeness (QED) is 0.814. The molecular formula is C21H26ClN5O2. The Hall–Kier alpha value is -2.38. The fraction of sp³-hybridized carbons (Fsp3) is 0.476. The van der Waals surface area contributed by atoms with Crippen molar-refractivity contribution in [2.45, 2.75) is 13.3 Å². The molecule has 1 N–H and O–H groups in total. The van der Waals surface area contributed by atoms with Gasteiger partial charge in [-0.15, -0.1) is 0 Å². The van der Waals surface area contributed by atoms with Gasteiger partial charge in [0.15, 0.2) is 5.82 Å². The van der Waals surface area contributed by atoms with Gasteiger partial charge >= 0.3 is 0 Å². The molecule has 2 atom stereocenters. The van der Waals surface area contributed by atoms with Gasteiger partial charge in [-0.3, -0.25) is 9.59 Å². The number of fused-ring (bicyclic) bond motifs is 1. The number of nitrogens with one attached hydrogen (secondary N) is 1. The van der Waals surface area contributed by atoms with E-state index in [4.69, 9.17) is 11.6 Å². The van der Waals surface area contributed by atoms with E-state index in [0.717, 1.165) is 44.0 Å². The van der Waals surface area contributed by atoms with Crippen LogP contribution in [0.1, 0.15) is 22.6 Å². The molecule has 3 heterocycles. The second-order valence-electron chi connectivity index (χ2n) is 8.11. The van der Waals surface area contributed by atoms with Crippen molar-refractivity contribution in [1.29, 1.82) is 0 Å². The highest BCUT2D eigenvalue weighted by molar-refractivity contribution is 6.31. The molecule has 2 aliphatic heterocycles. The lowest BCUT2D eigenvalue weighted by Gasteiger charge is -2.21. The Morgan fingerprint density at radius 3 is 2.55 bits per heavy atom. The molecule has 2 unspecified atom stereocenters. The summed E-state index contributed by atoms with van der Waals surface area (Å²) in [5, 5.41) is 3.57. The van der Waals surface area contributed by atoms with E-state index in [2.05, 4.69) is 15.2 Å². The molecule has 1 aromatic heterocycles. The topological polar surface area (TPSA) is 70.5 Å². The van der Waals surface area contributed by atoms with E-state index < -0.39 is 0 Å². The van der Waals surface area contributed by atoms with E-state index in [9.17, 15) is 9.59 Å². The lowest BCUT2D eigenvalue weighted by Crippen LogP contribution is -2.35. The first kappa shape index (κ1) is 19.9. The monoisotopic (exact) mass is 415 g/mol. The Morgan fingerprint density at radius 2 is 1.93 bits per heavy atom. The molecule has 2 aromatic rings. The van der Waals surface area contributed by atoms with Crippen molar-refractivity contribution >= 4 is 29.1 Å². The van der Waals surface area contributed by atoms with E-state index in [1.54, 1.807) is 23.0 Å². The number of rotatable bonds is 5. The van der Waals surface area contributed by atoms with Crippen LogP contribution in [0.25, 0.3) is 0 Å². The molecule has 0 spiro atoms. The molecule has 2 aliphatic rings. The number of anilines is 1. The van der Waals surface area contributed by atoms with E-state index >= 15 is 0 Å². The maximum Gasteiger partial charge on any atom is 0.289 e. The van der Waals surface area contributed by atoms with Gasteiger partial charge in [-0.2, -0.15) is 0 Å². The zero-order chi connectivity index (χ0) is 20.5. The van der Waals surface area contributed by atoms with Gasteiger partial charge in [0.05, 0.1) is 0 Å². The number of aryl methyl sites for hydroxylation is 2. The Balaban J connectivity index is 1.23. The number of amides is 2.